The van der Waals surface area contributed by atoms with Crippen LogP contribution < -0.4 is 0 Å². The van der Waals surface area contributed by atoms with E-state index in [9.17, 15) is 14.0 Å². The maximum Gasteiger partial charge on any atom is 0.305 e. The van der Waals surface area contributed by atoms with E-state index in [2.05, 4.69) is 14.7 Å². The van der Waals surface area contributed by atoms with Crippen molar-refractivity contribution in [2.75, 3.05) is 13.7 Å². The van der Waals surface area contributed by atoms with Crippen LogP contribution >= 0.6 is 0 Å². The molecule has 0 saturated carbocycles. The smallest absolute Gasteiger partial charge is 0.305 e. The average Bonchev–Trinajstić information content (AvgIpc) is 3.04. The second-order valence-electron chi connectivity index (χ2n) is 6.31. The number of carbonyl (C=O) groups is 2. The fraction of sp³-hybridized carbons (Fsp3) is 0.500. The fourth-order valence-electron chi connectivity index (χ4n) is 3.30. The van der Waals surface area contributed by atoms with Gasteiger partial charge in [0.2, 0.25) is 5.91 Å². The van der Waals surface area contributed by atoms with E-state index in [4.69, 9.17) is 0 Å². The van der Waals surface area contributed by atoms with Gasteiger partial charge in [-0.1, -0.05) is 0 Å². The number of aromatic nitrogens is 2. The predicted octanol–water partition coefficient (Wildman–Crippen LogP) is 3.10. The predicted molar refractivity (Wildman–Crippen MR) is 90.2 cm³/mol. The molecule has 0 spiro atoms. The molecule has 1 aromatic carbocycles. The van der Waals surface area contributed by atoms with Crippen LogP contribution in [0, 0.1) is 5.82 Å². The number of hydrogen-bond donors (Lipinski definition) is 1. The number of nitrogens with zero attached hydrogens (tertiary/aromatic N) is 2. The number of methoxy groups -OCH3 is 1. The monoisotopic (exact) mass is 347 g/mol. The summed E-state index contributed by atoms with van der Waals surface area (Å²) in [6.07, 6.45) is 3.81. The normalized spacial score (nSPS) is 17.7. The minimum absolute atomic E-state index is 0.0141. The number of fused-ring (bicyclic) bond motifs is 1. The van der Waals surface area contributed by atoms with Crippen LogP contribution in [0.2, 0.25) is 0 Å². The third-order valence-electron chi connectivity index (χ3n) is 4.60. The van der Waals surface area contributed by atoms with Crippen LogP contribution in [-0.2, 0) is 14.3 Å². The van der Waals surface area contributed by atoms with Crippen LogP contribution in [0.3, 0.4) is 0 Å². The van der Waals surface area contributed by atoms with Crippen LogP contribution in [0.4, 0.5) is 4.39 Å². The molecule has 2 aromatic rings. The van der Waals surface area contributed by atoms with Crippen LogP contribution in [0.5, 0.6) is 0 Å². The van der Waals surface area contributed by atoms with Crippen molar-refractivity contribution < 1.29 is 18.7 Å². The van der Waals surface area contributed by atoms with Crippen molar-refractivity contribution in [1.29, 1.82) is 0 Å². The number of ether oxygens (including phenoxy) is 1. The molecule has 1 atom stereocenters. The van der Waals surface area contributed by atoms with Gasteiger partial charge in [-0.3, -0.25) is 9.59 Å². The highest BCUT2D eigenvalue weighted by Gasteiger charge is 2.30. The number of rotatable bonds is 5. The number of likely N-dealkylation sites (tertiary alicyclic amines) is 1. The molecular formula is C18H22FN3O3. The van der Waals surface area contributed by atoms with Crippen molar-refractivity contribution in [2.24, 2.45) is 0 Å². The van der Waals surface area contributed by atoms with Crippen LogP contribution in [0.15, 0.2) is 18.2 Å². The lowest BCUT2D eigenvalue weighted by molar-refractivity contribution is -0.141. The van der Waals surface area contributed by atoms with Crippen LogP contribution in [0.25, 0.3) is 11.0 Å². The molecule has 2 heterocycles. The molecule has 3 rings (SSSR count). The molecule has 0 bridgehead atoms. The quantitative estimate of drug-likeness (QED) is 0.844. The number of H-pyrrole nitrogens is 1. The van der Waals surface area contributed by atoms with Gasteiger partial charge in [0.15, 0.2) is 0 Å². The summed E-state index contributed by atoms with van der Waals surface area (Å²) in [5.41, 5.74) is 1.33. The standard InChI is InChI=1S/C18H22FN3O3/c1-25-17(24)7-4-6-16(23)22-10-3-2-5-15(22)18-20-13-9-8-12(19)11-14(13)21-18/h8-9,11,15H,2-7,10H2,1H3,(H,20,21)/t15-/m1/s1. The van der Waals surface area contributed by atoms with Gasteiger partial charge in [-0.2, -0.15) is 0 Å². The van der Waals surface area contributed by atoms with E-state index in [0.29, 0.717) is 36.2 Å². The summed E-state index contributed by atoms with van der Waals surface area (Å²) in [6, 6.07) is 4.30. The lowest BCUT2D eigenvalue weighted by atomic mass is 10.0. The van der Waals surface area contributed by atoms with Gasteiger partial charge in [0.25, 0.3) is 0 Å². The number of nitrogens with one attached hydrogen (secondary N) is 1. The zero-order valence-electron chi connectivity index (χ0n) is 14.3. The fourth-order valence-corrected chi connectivity index (χ4v) is 3.30. The summed E-state index contributed by atoms with van der Waals surface area (Å²) in [6.45, 7) is 0.674. The first-order chi connectivity index (χ1) is 12.1. The lowest BCUT2D eigenvalue weighted by Crippen LogP contribution is -2.38. The van der Waals surface area contributed by atoms with Gasteiger partial charge < -0.3 is 14.6 Å². The zero-order chi connectivity index (χ0) is 17.8. The van der Waals surface area contributed by atoms with Gasteiger partial charge in [-0.05, 0) is 43.9 Å². The second kappa shape index (κ2) is 7.63. The summed E-state index contributed by atoms with van der Waals surface area (Å²) >= 11 is 0. The minimum Gasteiger partial charge on any atom is -0.469 e. The maximum atomic E-state index is 13.4. The van der Waals surface area contributed by atoms with E-state index in [0.717, 1.165) is 19.3 Å². The summed E-state index contributed by atoms with van der Waals surface area (Å²) in [5, 5.41) is 0. The molecule has 1 aliphatic heterocycles. The first-order valence-corrected chi connectivity index (χ1v) is 8.60. The number of carbonyl (C=O) groups excluding carboxylic acids is 2. The first-order valence-electron chi connectivity index (χ1n) is 8.60. The van der Waals surface area contributed by atoms with Crippen molar-refractivity contribution in [1.82, 2.24) is 14.9 Å². The minimum atomic E-state index is -0.318. The van der Waals surface area contributed by atoms with Crippen molar-refractivity contribution in [2.45, 2.75) is 44.6 Å². The zero-order valence-corrected chi connectivity index (χ0v) is 14.3. The molecule has 0 radical (unpaired) electrons. The summed E-state index contributed by atoms with van der Waals surface area (Å²) in [5.74, 6) is 0.0891. The van der Waals surface area contributed by atoms with Gasteiger partial charge in [0.1, 0.15) is 11.6 Å². The van der Waals surface area contributed by atoms with Gasteiger partial charge in [0, 0.05) is 19.4 Å². The van der Waals surface area contributed by atoms with Crippen molar-refractivity contribution in [3.8, 4) is 0 Å². The number of amides is 1. The second-order valence-corrected chi connectivity index (χ2v) is 6.31. The molecular weight excluding hydrogens is 325 g/mol. The molecule has 7 heteroatoms. The Bertz CT molecular complexity index is 774. The highest BCUT2D eigenvalue weighted by molar-refractivity contribution is 5.78. The molecule has 0 aliphatic carbocycles. The number of benzene rings is 1. The van der Waals surface area contributed by atoms with Gasteiger partial charge >= 0.3 is 5.97 Å². The number of hydrogen-bond acceptors (Lipinski definition) is 4. The first kappa shape index (κ1) is 17.4. The third-order valence-corrected chi connectivity index (χ3v) is 4.60. The number of aromatic amines is 1. The highest BCUT2D eigenvalue weighted by atomic mass is 19.1. The van der Waals surface area contributed by atoms with E-state index in [1.54, 1.807) is 6.07 Å². The Kier molecular flexibility index (Phi) is 5.31. The number of esters is 1. The molecule has 0 unspecified atom stereocenters. The molecule has 1 saturated heterocycles. The molecule has 1 N–H and O–H groups in total. The maximum absolute atomic E-state index is 13.4. The van der Waals surface area contributed by atoms with E-state index in [1.807, 2.05) is 4.90 Å². The van der Waals surface area contributed by atoms with Crippen molar-refractivity contribution >= 4 is 22.9 Å². The van der Waals surface area contributed by atoms with Crippen molar-refractivity contribution in [3.05, 3.63) is 29.8 Å². The van der Waals surface area contributed by atoms with Gasteiger partial charge in [0.05, 0.1) is 24.2 Å². The third kappa shape index (κ3) is 3.97. The summed E-state index contributed by atoms with van der Waals surface area (Å²) in [4.78, 5) is 33.3. The largest absolute Gasteiger partial charge is 0.469 e. The molecule has 134 valence electrons. The van der Waals surface area contributed by atoms with Crippen LogP contribution in [-0.4, -0.2) is 40.4 Å². The Morgan fingerprint density at radius 1 is 1.36 bits per heavy atom. The number of imidazole rings is 1. The topological polar surface area (TPSA) is 75.3 Å². The van der Waals surface area contributed by atoms with Crippen molar-refractivity contribution in [3.63, 3.8) is 0 Å². The molecule has 1 fully saturated rings. The van der Waals surface area contributed by atoms with Gasteiger partial charge in [-0.25, -0.2) is 9.37 Å². The Morgan fingerprint density at radius 3 is 3.00 bits per heavy atom. The molecule has 25 heavy (non-hydrogen) atoms. The van der Waals surface area contributed by atoms with E-state index >= 15 is 0 Å². The van der Waals surface area contributed by atoms with Crippen LogP contribution in [0.1, 0.15) is 50.4 Å². The molecule has 1 aliphatic rings. The van der Waals surface area contributed by atoms with E-state index in [-0.39, 0.29) is 30.2 Å². The Labute approximate surface area is 145 Å². The average molecular weight is 347 g/mol. The Balaban J connectivity index is 1.73. The highest BCUT2D eigenvalue weighted by Crippen LogP contribution is 2.31. The Hall–Kier alpha value is -2.44. The lowest BCUT2D eigenvalue weighted by Gasteiger charge is -2.34. The molecule has 1 amide bonds. The number of piperidine rings is 1. The SMILES string of the molecule is COC(=O)CCCC(=O)N1CCCC[C@@H]1c1nc2ccc(F)cc2[nH]1. The molecule has 1 aromatic heterocycles. The number of halogens is 1. The summed E-state index contributed by atoms with van der Waals surface area (Å²) in [7, 11) is 1.34. The molecule has 6 nitrogen and oxygen atoms in total. The summed E-state index contributed by atoms with van der Waals surface area (Å²) < 4.78 is 18.0. The Morgan fingerprint density at radius 2 is 2.20 bits per heavy atom. The van der Waals surface area contributed by atoms with E-state index in [1.165, 1.54) is 19.2 Å². The van der Waals surface area contributed by atoms with Gasteiger partial charge in [-0.15, -0.1) is 0 Å². The van der Waals surface area contributed by atoms with E-state index < -0.39 is 0 Å².